The summed E-state index contributed by atoms with van der Waals surface area (Å²) in [5, 5.41) is 2.92. The molecule has 0 aliphatic heterocycles. The van der Waals surface area contributed by atoms with Crippen LogP contribution in [-0.4, -0.2) is 19.3 Å². The van der Waals surface area contributed by atoms with E-state index in [2.05, 4.69) is 5.32 Å². The topological polar surface area (TPSA) is 12.0 Å². The molecule has 1 atom stereocenters. The summed E-state index contributed by atoms with van der Waals surface area (Å²) in [6.07, 6.45) is 7.19. The zero-order chi connectivity index (χ0) is 9.73. The van der Waals surface area contributed by atoms with E-state index in [9.17, 15) is 4.39 Å². The van der Waals surface area contributed by atoms with Gasteiger partial charge in [0, 0.05) is 6.54 Å². The largest absolute Gasteiger partial charge is 0.317 e. The van der Waals surface area contributed by atoms with Crippen LogP contribution in [0.15, 0.2) is 0 Å². The molecule has 1 fully saturated rings. The third-order valence-corrected chi connectivity index (χ3v) is 2.98. The fraction of sp³-hybridized carbons (Fsp3) is 1.00. The van der Waals surface area contributed by atoms with Crippen LogP contribution < -0.4 is 5.32 Å². The molecule has 1 aliphatic rings. The molecular formula is C11H22FN. The molecule has 0 spiro atoms. The van der Waals surface area contributed by atoms with Gasteiger partial charge in [0.2, 0.25) is 0 Å². The van der Waals surface area contributed by atoms with Gasteiger partial charge in [-0.25, -0.2) is 4.39 Å². The Kier molecular flexibility index (Phi) is 4.17. The molecule has 78 valence electrons. The normalized spacial score (nSPS) is 24.2. The maximum Gasteiger partial charge on any atom is 0.120 e. The zero-order valence-corrected chi connectivity index (χ0v) is 8.91. The summed E-state index contributed by atoms with van der Waals surface area (Å²) in [5.74, 6) is 0.636. The fourth-order valence-corrected chi connectivity index (χ4v) is 2.43. The zero-order valence-electron chi connectivity index (χ0n) is 8.91. The number of halogens is 1. The molecule has 0 amide bonds. The van der Waals surface area contributed by atoms with Crippen molar-refractivity contribution >= 4 is 0 Å². The third kappa shape index (κ3) is 4.08. The smallest absolute Gasteiger partial charge is 0.120 e. The minimum absolute atomic E-state index is 0.490. The highest BCUT2D eigenvalue weighted by Gasteiger charge is 2.27. The third-order valence-electron chi connectivity index (χ3n) is 2.98. The van der Waals surface area contributed by atoms with E-state index in [1.54, 1.807) is 6.92 Å². The van der Waals surface area contributed by atoms with Gasteiger partial charge in [-0.3, -0.25) is 0 Å². The van der Waals surface area contributed by atoms with Crippen LogP contribution in [-0.2, 0) is 0 Å². The Balaban J connectivity index is 2.28. The molecule has 1 nitrogen and oxygen atoms in total. The fourth-order valence-electron chi connectivity index (χ4n) is 2.43. The van der Waals surface area contributed by atoms with Crippen molar-refractivity contribution in [1.29, 1.82) is 0 Å². The van der Waals surface area contributed by atoms with E-state index in [0.717, 1.165) is 6.42 Å². The number of alkyl halides is 1. The first-order valence-corrected chi connectivity index (χ1v) is 5.47. The van der Waals surface area contributed by atoms with E-state index in [0.29, 0.717) is 12.5 Å². The van der Waals surface area contributed by atoms with Crippen molar-refractivity contribution in [3.8, 4) is 0 Å². The Bertz CT molecular complexity index is 139. The highest BCUT2D eigenvalue weighted by atomic mass is 19.1. The van der Waals surface area contributed by atoms with Crippen molar-refractivity contribution in [3.63, 3.8) is 0 Å². The van der Waals surface area contributed by atoms with Crippen LogP contribution in [0.1, 0.15) is 45.4 Å². The average Bonchev–Trinajstić information content (AvgIpc) is 2.04. The second kappa shape index (κ2) is 4.94. The summed E-state index contributed by atoms with van der Waals surface area (Å²) in [6.45, 7) is 2.21. The summed E-state index contributed by atoms with van der Waals surface area (Å²) in [6, 6.07) is 0. The lowest BCUT2D eigenvalue weighted by Crippen LogP contribution is -2.34. The molecule has 0 heterocycles. The number of hydrogen-bond acceptors (Lipinski definition) is 1. The van der Waals surface area contributed by atoms with Gasteiger partial charge >= 0.3 is 0 Å². The minimum atomic E-state index is -1.00. The quantitative estimate of drug-likeness (QED) is 0.713. The molecule has 0 radical (unpaired) electrons. The van der Waals surface area contributed by atoms with Gasteiger partial charge in [0.1, 0.15) is 5.67 Å². The van der Waals surface area contributed by atoms with E-state index in [1.165, 1.54) is 32.1 Å². The molecule has 0 aromatic carbocycles. The molecule has 1 saturated carbocycles. The summed E-state index contributed by atoms with van der Waals surface area (Å²) in [7, 11) is 1.82. The van der Waals surface area contributed by atoms with Crippen LogP contribution in [0.25, 0.3) is 0 Å². The minimum Gasteiger partial charge on any atom is -0.317 e. The predicted octanol–water partition coefficient (Wildman–Crippen LogP) is 2.90. The molecule has 2 heteroatoms. The Morgan fingerprint density at radius 1 is 1.31 bits per heavy atom. The first kappa shape index (κ1) is 11.0. The molecule has 0 bridgehead atoms. The standard InChI is InChI=1S/C11H22FN/c1-11(12,9-13-2)8-10-6-4-3-5-7-10/h10,13H,3-9H2,1-2H3. The molecule has 1 rings (SSSR count). The van der Waals surface area contributed by atoms with E-state index in [4.69, 9.17) is 0 Å². The summed E-state index contributed by atoms with van der Waals surface area (Å²) in [5.41, 5.74) is -1.00. The van der Waals surface area contributed by atoms with Gasteiger partial charge < -0.3 is 5.32 Å². The van der Waals surface area contributed by atoms with Crippen molar-refractivity contribution in [3.05, 3.63) is 0 Å². The molecule has 0 saturated heterocycles. The van der Waals surface area contributed by atoms with Crippen LogP contribution in [0, 0.1) is 5.92 Å². The summed E-state index contributed by atoms with van der Waals surface area (Å²) < 4.78 is 13.8. The molecule has 1 N–H and O–H groups in total. The Morgan fingerprint density at radius 3 is 2.46 bits per heavy atom. The van der Waals surface area contributed by atoms with Gasteiger partial charge in [-0.15, -0.1) is 0 Å². The molecule has 13 heavy (non-hydrogen) atoms. The Labute approximate surface area is 81.1 Å². The first-order valence-electron chi connectivity index (χ1n) is 5.47. The van der Waals surface area contributed by atoms with Crippen LogP contribution in [0.5, 0.6) is 0 Å². The van der Waals surface area contributed by atoms with E-state index >= 15 is 0 Å². The monoisotopic (exact) mass is 187 g/mol. The van der Waals surface area contributed by atoms with Gasteiger partial charge in [0.15, 0.2) is 0 Å². The maximum atomic E-state index is 13.8. The predicted molar refractivity (Wildman–Crippen MR) is 54.6 cm³/mol. The van der Waals surface area contributed by atoms with Gasteiger partial charge in [-0.05, 0) is 26.3 Å². The van der Waals surface area contributed by atoms with Gasteiger partial charge in [-0.1, -0.05) is 32.1 Å². The van der Waals surface area contributed by atoms with Crippen molar-refractivity contribution in [1.82, 2.24) is 5.32 Å². The van der Waals surface area contributed by atoms with E-state index in [-0.39, 0.29) is 0 Å². The summed E-state index contributed by atoms with van der Waals surface area (Å²) >= 11 is 0. The summed E-state index contributed by atoms with van der Waals surface area (Å²) in [4.78, 5) is 0. The van der Waals surface area contributed by atoms with E-state index < -0.39 is 5.67 Å². The lowest BCUT2D eigenvalue weighted by Gasteiger charge is -2.28. The number of nitrogens with one attached hydrogen (secondary N) is 1. The number of hydrogen-bond donors (Lipinski definition) is 1. The highest BCUT2D eigenvalue weighted by Crippen LogP contribution is 2.31. The van der Waals surface area contributed by atoms with Gasteiger partial charge in [0.05, 0.1) is 0 Å². The molecule has 1 aliphatic carbocycles. The second-order valence-electron chi connectivity index (χ2n) is 4.65. The van der Waals surface area contributed by atoms with Crippen LogP contribution in [0.4, 0.5) is 4.39 Å². The van der Waals surface area contributed by atoms with Crippen LogP contribution in [0.3, 0.4) is 0 Å². The molecule has 1 unspecified atom stereocenters. The molecular weight excluding hydrogens is 165 g/mol. The van der Waals surface area contributed by atoms with Crippen molar-refractivity contribution < 1.29 is 4.39 Å². The van der Waals surface area contributed by atoms with Crippen molar-refractivity contribution in [2.75, 3.05) is 13.6 Å². The first-order chi connectivity index (χ1) is 6.14. The lowest BCUT2D eigenvalue weighted by atomic mass is 9.82. The Hall–Kier alpha value is -0.110. The average molecular weight is 187 g/mol. The maximum absolute atomic E-state index is 13.8. The number of rotatable bonds is 4. The van der Waals surface area contributed by atoms with Gasteiger partial charge in [0.25, 0.3) is 0 Å². The van der Waals surface area contributed by atoms with Crippen molar-refractivity contribution in [2.45, 2.75) is 51.1 Å². The van der Waals surface area contributed by atoms with Crippen LogP contribution >= 0.6 is 0 Å². The lowest BCUT2D eigenvalue weighted by molar-refractivity contribution is 0.130. The van der Waals surface area contributed by atoms with Crippen LogP contribution in [0.2, 0.25) is 0 Å². The molecule has 0 aromatic heterocycles. The molecule has 0 aromatic rings. The second-order valence-corrected chi connectivity index (χ2v) is 4.65. The Morgan fingerprint density at radius 2 is 1.92 bits per heavy atom. The SMILES string of the molecule is CNCC(C)(F)CC1CCCCC1. The van der Waals surface area contributed by atoms with Crippen molar-refractivity contribution in [2.24, 2.45) is 5.92 Å². The highest BCUT2D eigenvalue weighted by molar-refractivity contribution is 4.80. The van der Waals surface area contributed by atoms with Gasteiger partial charge in [-0.2, -0.15) is 0 Å². The van der Waals surface area contributed by atoms with E-state index in [1.807, 2.05) is 7.05 Å².